The number of halogens is 4. The van der Waals surface area contributed by atoms with Crippen molar-refractivity contribution in [2.24, 2.45) is 0 Å². The summed E-state index contributed by atoms with van der Waals surface area (Å²) < 4.78 is 36.6. The van der Waals surface area contributed by atoms with E-state index < -0.39 is 17.5 Å². The highest BCUT2D eigenvalue weighted by molar-refractivity contribution is 9.10. The van der Waals surface area contributed by atoms with Crippen molar-refractivity contribution >= 4 is 15.9 Å². The van der Waals surface area contributed by atoms with E-state index in [-0.39, 0.29) is 4.47 Å². The zero-order valence-electron chi connectivity index (χ0n) is 6.67. The fourth-order valence-electron chi connectivity index (χ4n) is 0.502. The first kappa shape index (κ1) is 11.5. The van der Waals surface area contributed by atoms with Gasteiger partial charge in [-0.2, -0.15) is 0 Å². The Hall–Kier alpha value is -0.510. The van der Waals surface area contributed by atoms with Crippen LogP contribution >= 0.6 is 15.9 Å². The molecule has 0 aliphatic rings. The van der Waals surface area contributed by atoms with Gasteiger partial charge in [-0.15, -0.1) is 0 Å². The van der Waals surface area contributed by atoms with Crippen LogP contribution < -0.4 is 0 Å². The Labute approximate surface area is 77.5 Å². The molecule has 0 bridgehead atoms. The number of benzene rings is 1. The number of hydrogen-bond donors (Lipinski definition) is 0. The minimum Gasteiger partial charge on any atom is -0.204 e. The van der Waals surface area contributed by atoms with Crippen LogP contribution in [0.3, 0.4) is 0 Å². The van der Waals surface area contributed by atoms with E-state index in [2.05, 4.69) is 15.9 Å². The summed E-state index contributed by atoms with van der Waals surface area (Å²) in [6.45, 7) is 4.00. The molecule has 1 aromatic carbocycles. The summed E-state index contributed by atoms with van der Waals surface area (Å²) in [5.74, 6) is -3.82. The molecule has 0 spiro atoms. The molecule has 0 aliphatic heterocycles. The average molecular weight is 241 g/mol. The molecule has 0 radical (unpaired) electrons. The van der Waals surface area contributed by atoms with Crippen LogP contribution in [0.2, 0.25) is 0 Å². The summed E-state index contributed by atoms with van der Waals surface area (Å²) in [6.07, 6.45) is 0. The smallest absolute Gasteiger partial charge is 0.195 e. The van der Waals surface area contributed by atoms with E-state index in [1.54, 1.807) is 0 Å². The fraction of sp³-hybridized carbons (Fsp3) is 0.250. The molecule has 0 heterocycles. The quantitative estimate of drug-likeness (QED) is 0.477. The molecule has 0 saturated carbocycles. The van der Waals surface area contributed by atoms with E-state index in [1.807, 2.05) is 13.8 Å². The molecule has 0 nitrogen and oxygen atoms in total. The monoisotopic (exact) mass is 240 g/mol. The lowest BCUT2D eigenvalue weighted by molar-refractivity contribution is 0.444. The maximum Gasteiger partial charge on any atom is 0.195 e. The molecular weight excluding hydrogens is 233 g/mol. The summed E-state index contributed by atoms with van der Waals surface area (Å²) >= 11 is 2.70. The first-order valence-electron chi connectivity index (χ1n) is 3.42. The molecule has 12 heavy (non-hydrogen) atoms. The van der Waals surface area contributed by atoms with Gasteiger partial charge in [-0.25, -0.2) is 13.2 Å². The average Bonchev–Trinajstić information content (AvgIpc) is 2.12. The minimum atomic E-state index is -1.45. The SMILES string of the molecule is CC.Fc1ccc(Br)c(F)c1F. The highest BCUT2D eigenvalue weighted by Crippen LogP contribution is 2.19. The molecule has 0 fully saturated rings. The van der Waals surface area contributed by atoms with Crippen LogP contribution in [0.25, 0.3) is 0 Å². The molecule has 0 aromatic heterocycles. The van der Waals surface area contributed by atoms with E-state index in [0.29, 0.717) is 0 Å². The normalized spacial score (nSPS) is 8.83. The minimum absolute atomic E-state index is 0.0774. The Morgan fingerprint density at radius 1 is 1.00 bits per heavy atom. The largest absolute Gasteiger partial charge is 0.204 e. The van der Waals surface area contributed by atoms with Gasteiger partial charge < -0.3 is 0 Å². The first-order valence-corrected chi connectivity index (χ1v) is 4.21. The van der Waals surface area contributed by atoms with Crippen LogP contribution in [-0.2, 0) is 0 Å². The molecule has 0 unspecified atom stereocenters. The van der Waals surface area contributed by atoms with Crippen LogP contribution in [0.1, 0.15) is 13.8 Å². The van der Waals surface area contributed by atoms with Crippen molar-refractivity contribution in [3.05, 3.63) is 34.1 Å². The van der Waals surface area contributed by atoms with Crippen LogP contribution in [0.15, 0.2) is 16.6 Å². The molecule has 4 heteroatoms. The van der Waals surface area contributed by atoms with Gasteiger partial charge in [0.15, 0.2) is 17.5 Å². The van der Waals surface area contributed by atoms with Gasteiger partial charge in [0, 0.05) is 0 Å². The van der Waals surface area contributed by atoms with Crippen molar-refractivity contribution in [1.82, 2.24) is 0 Å². The summed E-state index contributed by atoms with van der Waals surface area (Å²) in [5, 5.41) is 0. The van der Waals surface area contributed by atoms with Gasteiger partial charge in [0.05, 0.1) is 4.47 Å². The highest BCUT2D eigenvalue weighted by Gasteiger charge is 2.10. The predicted molar refractivity (Wildman–Crippen MR) is 45.4 cm³/mol. The summed E-state index contributed by atoms with van der Waals surface area (Å²) in [5.41, 5.74) is 0. The third kappa shape index (κ3) is 2.52. The third-order valence-electron chi connectivity index (χ3n) is 0.988. The Balaban J connectivity index is 0.000000561. The van der Waals surface area contributed by atoms with Gasteiger partial charge in [-0.05, 0) is 28.1 Å². The summed E-state index contributed by atoms with van der Waals surface area (Å²) in [7, 11) is 0. The second-order valence-corrected chi connectivity index (χ2v) is 2.51. The first-order chi connectivity index (χ1) is 5.63. The lowest BCUT2D eigenvalue weighted by Gasteiger charge is -1.95. The van der Waals surface area contributed by atoms with E-state index in [1.165, 1.54) is 0 Å². The topological polar surface area (TPSA) is 0 Å². The van der Waals surface area contributed by atoms with Crippen molar-refractivity contribution in [3.8, 4) is 0 Å². The zero-order valence-corrected chi connectivity index (χ0v) is 8.25. The Kier molecular flexibility index (Phi) is 4.97. The highest BCUT2D eigenvalue weighted by atomic mass is 79.9. The number of rotatable bonds is 0. The Bertz CT molecular complexity index is 234. The van der Waals surface area contributed by atoms with Crippen molar-refractivity contribution in [3.63, 3.8) is 0 Å². The van der Waals surface area contributed by atoms with Crippen LogP contribution in [0, 0.1) is 17.5 Å². The molecule has 1 rings (SSSR count). The standard InChI is InChI=1S/C6H2BrF3.C2H6/c7-3-1-2-4(8)6(10)5(3)9;1-2/h1-2H;1-2H3. The van der Waals surface area contributed by atoms with E-state index >= 15 is 0 Å². The molecule has 1 aromatic rings. The second kappa shape index (κ2) is 5.19. The Morgan fingerprint density at radius 3 is 1.92 bits per heavy atom. The molecule has 0 amide bonds. The van der Waals surface area contributed by atoms with Gasteiger partial charge in [-0.3, -0.25) is 0 Å². The lowest BCUT2D eigenvalue weighted by atomic mass is 10.3. The van der Waals surface area contributed by atoms with Gasteiger partial charge in [0.1, 0.15) is 0 Å². The second-order valence-electron chi connectivity index (χ2n) is 1.66. The van der Waals surface area contributed by atoms with Gasteiger partial charge in [-0.1, -0.05) is 13.8 Å². The molecule has 0 atom stereocenters. The van der Waals surface area contributed by atoms with Crippen LogP contribution in [-0.4, -0.2) is 0 Å². The van der Waals surface area contributed by atoms with E-state index in [9.17, 15) is 13.2 Å². The van der Waals surface area contributed by atoms with Crippen molar-refractivity contribution in [2.45, 2.75) is 13.8 Å². The summed E-state index contributed by atoms with van der Waals surface area (Å²) in [6, 6.07) is 1.95. The van der Waals surface area contributed by atoms with Crippen molar-refractivity contribution < 1.29 is 13.2 Å². The van der Waals surface area contributed by atoms with Crippen LogP contribution in [0.4, 0.5) is 13.2 Å². The van der Waals surface area contributed by atoms with Crippen molar-refractivity contribution in [2.75, 3.05) is 0 Å². The molecule has 68 valence electrons. The molecule has 0 N–H and O–H groups in total. The Morgan fingerprint density at radius 2 is 1.50 bits per heavy atom. The van der Waals surface area contributed by atoms with Crippen LogP contribution in [0.5, 0.6) is 0 Å². The van der Waals surface area contributed by atoms with E-state index in [0.717, 1.165) is 12.1 Å². The summed E-state index contributed by atoms with van der Waals surface area (Å²) in [4.78, 5) is 0. The van der Waals surface area contributed by atoms with Gasteiger partial charge in [0.2, 0.25) is 0 Å². The maximum absolute atomic E-state index is 12.3. The number of hydrogen-bond acceptors (Lipinski definition) is 0. The molecule has 0 aliphatic carbocycles. The molecular formula is C8H8BrF3. The van der Waals surface area contributed by atoms with Gasteiger partial charge >= 0.3 is 0 Å². The lowest BCUT2D eigenvalue weighted by Crippen LogP contribution is -1.89. The predicted octanol–water partition coefficient (Wildman–Crippen LogP) is 3.89. The molecule has 0 saturated heterocycles. The fourth-order valence-corrected chi connectivity index (χ4v) is 0.809. The third-order valence-corrected chi connectivity index (χ3v) is 1.60. The van der Waals surface area contributed by atoms with Crippen molar-refractivity contribution in [1.29, 1.82) is 0 Å². The zero-order chi connectivity index (χ0) is 9.72. The van der Waals surface area contributed by atoms with Gasteiger partial charge in [0.25, 0.3) is 0 Å². The van der Waals surface area contributed by atoms with E-state index in [4.69, 9.17) is 0 Å². The maximum atomic E-state index is 12.3.